The molecule has 2 N–H and O–H groups in total. The van der Waals surface area contributed by atoms with Crippen LogP contribution in [0.3, 0.4) is 0 Å². The van der Waals surface area contributed by atoms with Crippen LogP contribution in [-0.4, -0.2) is 27.7 Å². The Balaban J connectivity index is 1.79. The fraction of sp³-hybridized carbons (Fsp3) is 0.412. The second kappa shape index (κ2) is 6.20. The van der Waals surface area contributed by atoms with Crippen LogP contribution < -0.4 is 5.32 Å². The molecular formula is C17H20BrFN4O. The fourth-order valence-corrected chi connectivity index (χ4v) is 3.25. The molecule has 24 heavy (non-hydrogen) atoms. The third-order valence-electron chi connectivity index (χ3n) is 4.12. The zero-order valence-corrected chi connectivity index (χ0v) is 15.5. The first kappa shape index (κ1) is 17.0. The summed E-state index contributed by atoms with van der Waals surface area (Å²) in [5, 5.41) is 10.2. The van der Waals surface area contributed by atoms with Gasteiger partial charge in [0.05, 0.1) is 22.4 Å². The highest BCUT2D eigenvalue weighted by Crippen LogP contribution is 2.30. The molecule has 1 aliphatic rings. The third kappa shape index (κ3) is 3.17. The summed E-state index contributed by atoms with van der Waals surface area (Å²) < 4.78 is 14.4. The van der Waals surface area contributed by atoms with Crippen molar-refractivity contribution in [3.8, 4) is 0 Å². The maximum absolute atomic E-state index is 14.0. The second-order valence-electron chi connectivity index (χ2n) is 6.98. The summed E-state index contributed by atoms with van der Waals surface area (Å²) in [5.74, 6) is -0.470. The van der Waals surface area contributed by atoms with Crippen LogP contribution >= 0.6 is 15.9 Å². The second-order valence-corrected chi connectivity index (χ2v) is 7.84. The zero-order chi connectivity index (χ0) is 17.5. The van der Waals surface area contributed by atoms with Crippen LogP contribution in [0.1, 0.15) is 37.7 Å². The van der Waals surface area contributed by atoms with Gasteiger partial charge in [-0.3, -0.25) is 5.10 Å². The van der Waals surface area contributed by atoms with Gasteiger partial charge in [-0.15, -0.1) is 0 Å². The largest absolute Gasteiger partial charge is 0.322 e. The van der Waals surface area contributed by atoms with E-state index in [4.69, 9.17) is 0 Å². The molecule has 128 valence electrons. The summed E-state index contributed by atoms with van der Waals surface area (Å²) in [6, 6.07) is 4.52. The minimum Gasteiger partial charge on any atom is -0.320 e. The Labute approximate surface area is 148 Å². The number of aromatic amines is 1. The molecule has 2 amide bonds. The van der Waals surface area contributed by atoms with Crippen LogP contribution in [-0.2, 0) is 18.4 Å². The monoisotopic (exact) mass is 394 g/mol. The lowest BCUT2D eigenvalue weighted by molar-refractivity contribution is 0.205. The predicted molar refractivity (Wildman–Crippen MR) is 94.5 cm³/mol. The summed E-state index contributed by atoms with van der Waals surface area (Å²) in [4.78, 5) is 14.2. The SMILES string of the molecule is CC(C)(C)c1n[nH]c2c1CN(C(=O)Nc1cccc(Br)c1F)CC2. The van der Waals surface area contributed by atoms with Crippen molar-refractivity contribution in [3.63, 3.8) is 0 Å². The van der Waals surface area contributed by atoms with Crippen molar-refractivity contribution in [1.29, 1.82) is 0 Å². The molecule has 1 aliphatic heterocycles. The molecule has 0 aliphatic carbocycles. The Morgan fingerprint density at radius 2 is 2.17 bits per heavy atom. The number of nitrogens with one attached hydrogen (secondary N) is 2. The average Bonchev–Trinajstić information content (AvgIpc) is 2.95. The van der Waals surface area contributed by atoms with Crippen molar-refractivity contribution in [1.82, 2.24) is 15.1 Å². The first-order valence-corrected chi connectivity index (χ1v) is 8.63. The molecule has 2 heterocycles. The van der Waals surface area contributed by atoms with E-state index in [0.717, 1.165) is 17.0 Å². The van der Waals surface area contributed by atoms with Crippen molar-refractivity contribution >= 4 is 27.6 Å². The van der Waals surface area contributed by atoms with E-state index in [1.54, 1.807) is 23.1 Å². The standard InChI is InChI=1S/C17H20BrFN4O/c1-17(2,3)15-10-9-23(8-7-12(10)21-22-15)16(24)20-13-6-4-5-11(18)14(13)19/h4-6H,7-9H2,1-3H3,(H,20,24)(H,21,22). The van der Waals surface area contributed by atoms with Gasteiger partial charge in [0.25, 0.3) is 0 Å². The number of carbonyl (C=O) groups excluding carboxylic acids is 1. The molecule has 1 aromatic heterocycles. The number of rotatable bonds is 1. The number of nitrogens with zero attached hydrogens (tertiary/aromatic N) is 2. The average molecular weight is 395 g/mol. The molecular weight excluding hydrogens is 375 g/mol. The van der Waals surface area contributed by atoms with E-state index in [1.165, 1.54) is 0 Å². The molecule has 0 unspecified atom stereocenters. The van der Waals surface area contributed by atoms with Gasteiger partial charge in [0.2, 0.25) is 0 Å². The van der Waals surface area contributed by atoms with Crippen LogP contribution in [0.2, 0.25) is 0 Å². The van der Waals surface area contributed by atoms with Crippen molar-refractivity contribution in [2.45, 2.75) is 39.2 Å². The van der Waals surface area contributed by atoms with Crippen LogP contribution in [0.5, 0.6) is 0 Å². The number of hydrogen-bond donors (Lipinski definition) is 2. The molecule has 0 atom stereocenters. The molecule has 0 spiro atoms. The molecule has 0 saturated heterocycles. The Morgan fingerprint density at radius 1 is 1.42 bits per heavy atom. The molecule has 3 rings (SSSR count). The molecule has 7 heteroatoms. The first-order chi connectivity index (χ1) is 11.3. The van der Waals surface area contributed by atoms with Crippen LogP contribution in [0.25, 0.3) is 0 Å². The summed E-state index contributed by atoms with van der Waals surface area (Å²) in [6.45, 7) is 7.33. The number of carbonyl (C=O) groups is 1. The van der Waals surface area contributed by atoms with Gasteiger partial charge >= 0.3 is 6.03 Å². The van der Waals surface area contributed by atoms with Gasteiger partial charge < -0.3 is 10.2 Å². The fourth-order valence-electron chi connectivity index (χ4n) is 2.88. The number of anilines is 1. The Morgan fingerprint density at radius 3 is 2.88 bits per heavy atom. The lowest BCUT2D eigenvalue weighted by Crippen LogP contribution is -2.39. The Bertz CT molecular complexity index is 781. The highest BCUT2D eigenvalue weighted by molar-refractivity contribution is 9.10. The molecule has 0 radical (unpaired) electrons. The maximum atomic E-state index is 14.0. The van der Waals surface area contributed by atoms with Gasteiger partial charge in [0.15, 0.2) is 5.82 Å². The number of aromatic nitrogens is 2. The number of halogens is 2. The minimum absolute atomic E-state index is 0.0973. The number of amides is 2. The van der Waals surface area contributed by atoms with Crippen LogP contribution in [0, 0.1) is 5.82 Å². The Kier molecular flexibility index (Phi) is 4.38. The molecule has 5 nitrogen and oxygen atoms in total. The lowest BCUT2D eigenvalue weighted by atomic mass is 9.87. The number of urea groups is 1. The van der Waals surface area contributed by atoms with E-state index < -0.39 is 5.82 Å². The van der Waals surface area contributed by atoms with Gasteiger partial charge in [-0.2, -0.15) is 5.10 Å². The first-order valence-electron chi connectivity index (χ1n) is 7.84. The molecule has 0 saturated carbocycles. The Hall–Kier alpha value is -1.89. The highest BCUT2D eigenvalue weighted by Gasteiger charge is 2.30. The van der Waals surface area contributed by atoms with Crippen molar-refractivity contribution in [2.75, 3.05) is 11.9 Å². The number of hydrogen-bond acceptors (Lipinski definition) is 2. The van der Waals surface area contributed by atoms with Gasteiger partial charge in [0.1, 0.15) is 0 Å². The summed E-state index contributed by atoms with van der Waals surface area (Å²) in [6.07, 6.45) is 0.715. The minimum atomic E-state index is -0.470. The van der Waals surface area contributed by atoms with Gasteiger partial charge in [-0.05, 0) is 28.1 Å². The number of benzene rings is 1. The zero-order valence-electron chi connectivity index (χ0n) is 13.9. The lowest BCUT2D eigenvalue weighted by Gasteiger charge is -2.29. The number of H-pyrrole nitrogens is 1. The van der Waals surface area contributed by atoms with Crippen molar-refractivity contribution in [2.24, 2.45) is 0 Å². The summed E-state index contributed by atoms with van der Waals surface area (Å²) in [5.41, 5.74) is 3.20. The number of fused-ring (bicyclic) bond motifs is 1. The van der Waals surface area contributed by atoms with E-state index in [1.807, 2.05) is 0 Å². The summed E-state index contributed by atoms with van der Waals surface area (Å²) >= 11 is 3.13. The summed E-state index contributed by atoms with van der Waals surface area (Å²) in [7, 11) is 0. The van der Waals surface area contributed by atoms with Crippen molar-refractivity contribution in [3.05, 3.63) is 45.4 Å². The maximum Gasteiger partial charge on any atom is 0.322 e. The molecule has 0 fully saturated rings. The molecule has 1 aromatic carbocycles. The van der Waals surface area contributed by atoms with E-state index in [2.05, 4.69) is 52.2 Å². The van der Waals surface area contributed by atoms with Gasteiger partial charge in [-0.1, -0.05) is 26.8 Å². The molecule has 0 bridgehead atoms. The van der Waals surface area contributed by atoms with E-state index in [9.17, 15) is 9.18 Å². The van der Waals surface area contributed by atoms with E-state index in [-0.39, 0.29) is 17.1 Å². The van der Waals surface area contributed by atoms with Crippen molar-refractivity contribution < 1.29 is 9.18 Å². The molecule has 2 aromatic rings. The predicted octanol–water partition coefficient (Wildman–Crippen LogP) is 4.20. The van der Waals surface area contributed by atoms with Crippen LogP contribution in [0.4, 0.5) is 14.9 Å². The smallest absolute Gasteiger partial charge is 0.320 e. The van der Waals surface area contributed by atoms with E-state index in [0.29, 0.717) is 24.0 Å². The normalized spacial score (nSPS) is 14.5. The topological polar surface area (TPSA) is 61.0 Å². The van der Waals surface area contributed by atoms with Gasteiger partial charge in [0, 0.05) is 29.6 Å². The van der Waals surface area contributed by atoms with E-state index >= 15 is 0 Å². The third-order valence-corrected chi connectivity index (χ3v) is 4.74. The van der Waals surface area contributed by atoms with Crippen LogP contribution in [0.15, 0.2) is 22.7 Å². The highest BCUT2D eigenvalue weighted by atomic mass is 79.9. The van der Waals surface area contributed by atoms with Gasteiger partial charge in [-0.25, -0.2) is 9.18 Å². The quantitative estimate of drug-likeness (QED) is 0.761.